The molecule has 0 radical (unpaired) electrons. The number of rotatable bonds is 4. The van der Waals surface area contributed by atoms with Crippen molar-refractivity contribution in [3.8, 4) is 0 Å². The van der Waals surface area contributed by atoms with Crippen LogP contribution in [0.15, 0.2) is 48.5 Å². The van der Waals surface area contributed by atoms with Gasteiger partial charge in [-0.05, 0) is 0 Å². The zero-order valence-corrected chi connectivity index (χ0v) is 13.4. The predicted octanol–water partition coefficient (Wildman–Crippen LogP) is 2.19. The van der Waals surface area contributed by atoms with Crippen LogP contribution >= 0.6 is 0 Å². The summed E-state index contributed by atoms with van der Waals surface area (Å²) in [6, 6.07) is 17.2. The Morgan fingerprint density at radius 3 is 1.53 bits per heavy atom. The second-order valence-corrected chi connectivity index (χ2v) is 7.08. The summed E-state index contributed by atoms with van der Waals surface area (Å²) in [5.74, 6) is 4.51. The van der Waals surface area contributed by atoms with Crippen LogP contribution in [0, 0.1) is 0 Å². The summed E-state index contributed by atoms with van der Waals surface area (Å²) in [7, 11) is 0. The fraction of sp³-hybridized carbons (Fsp3) is 0.143. The van der Waals surface area contributed by atoms with Gasteiger partial charge in [0.2, 0.25) is 0 Å². The first-order valence-corrected chi connectivity index (χ1v) is 10.5. The number of nitrogens with one attached hydrogen (secondary N) is 1. The van der Waals surface area contributed by atoms with Crippen LogP contribution in [0.5, 0.6) is 0 Å². The summed E-state index contributed by atoms with van der Waals surface area (Å²) in [5.41, 5.74) is 2.51. The van der Waals surface area contributed by atoms with Crippen molar-refractivity contribution in [1.29, 1.82) is 0 Å². The molecule has 0 saturated heterocycles. The van der Waals surface area contributed by atoms with Crippen LogP contribution in [0.1, 0.15) is 0 Å². The third-order valence-corrected chi connectivity index (χ3v) is 5.82. The topological polar surface area (TPSA) is 12.0 Å². The number of benzene rings is 2. The van der Waals surface area contributed by atoms with Gasteiger partial charge in [0.05, 0.1) is 0 Å². The summed E-state index contributed by atoms with van der Waals surface area (Å²) in [6.45, 7) is 0. The van der Waals surface area contributed by atoms with Gasteiger partial charge in [0.15, 0.2) is 0 Å². The van der Waals surface area contributed by atoms with Gasteiger partial charge in [-0.3, -0.25) is 0 Å². The first-order chi connectivity index (χ1) is 8.35. The second-order valence-electron chi connectivity index (χ2n) is 3.53. The number of anilines is 2. The molecule has 17 heavy (non-hydrogen) atoms. The maximum atomic E-state index is 3.57. The van der Waals surface area contributed by atoms with Gasteiger partial charge in [-0.1, -0.05) is 0 Å². The quantitative estimate of drug-likeness (QED) is 0.830. The van der Waals surface area contributed by atoms with E-state index in [1.807, 2.05) is 0 Å². The second kappa shape index (κ2) is 6.28. The van der Waals surface area contributed by atoms with Crippen molar-refractivity contribution in [2.24, 2.45) is 0 Å². The molecule has 0 amide bonds. The molecule has 2 aromatic rings. The van der Waals surface area contributed by atoms with E-state index in [-0.39, 0.29) is 0 Å². The fourth-order valence-electron chi connectivity index (χ4n) is 1.64. The Kier molecular flexibility index (Phi) is 4.70. The Balaban J connectivity index is 2.31. The molecule has 1 N–H and O–H groups in total. The van der Waals surface area contributed by atoms with Crippen LogP contribution in [0.3, 0.4) is 0 Å². The molecule has 0 bridgehead atoms. The van der Waals surface area contributed by atoms with Crippen molar-refractivity contribution in [2.45, 2.75) is 11.6 Å². The van der Waals surface area contributed by atoms with Gasteiger partial charge in [0, 0.05) is 0 Å². The van der Waals surface area contributed by atoms with E-state index in [0.717, 1.165) is 0 Å². The Labute approximate surface area is 115 Å². The Bertz CT molecular complexity index is 452. The van der Waals surface area contributed by atoms with E-state index in [1.165, 1.54) is 20.3 Å². The minimum absolute atomic E-state index is 0.524. The first-order valence-electron chi connectivity index (χ1n) is 5.38. The van der Waals surface area contributed by atoms with Crippen LogP contribution in [-0.4, -0.2) is 29.9 Å². The van der Waals surface area contributed by atoms with E-state index in [9.17, 15) is 0 Å². The van der Waals surface area contributed by atoms with Crippen molar-refractivity contribution in [1.82, 2.24) is 0 Å². The Morgan fingerprint density at radius 1 is 0.706 bits per heavy atom. The molecule has 2 rings (SSSR count). The molecule has 0 aliphatic carbocycles. The zero-order chi connectivity index (χ0) is 12.1. The monoisotopic (exact) mass is 357 g/mol. The van der Waals surface area contributed by atoms with Crippen molar-refractivity contribution in [2.75, 3.05) is 5.32 Å². The molecule has 0 spiro atoms. The van der Waals surface area contributed by atoms with E-state index in [0.29, 0.717) is 29.9 Å². The predicted molar refractivity (Wildman–Crippen MR) is 78.7 cm³/mol. The summed E-state index contributed by atoms with van der Waals surface area (Å²) < 4.78 is 2.86. The average Bonchev–Trinajstić information content (AvgIpc) is 2.40. The number of hydrogen-bond donors (Lipinski definition) is 1. The normalized spacial score (nSPS) is 10.2. The summed E-state index contributed by atoms with van der Waals surface area (Å²) in [6.07, 6.45) is 0. The van der Waals surface area contributed by atoms with Gasteiger partial charge in [-0.25, -0.2) is 0 Å². The molecule has 2 aromatic carbocycles. The molecule has 0 unspecified atom stereocenters. The molecule has 0 aliphatic rings. The van der Waals surface area contributed by atoms with Gasteiger partial charge in [0.1, 0.15) is 0 Å². The molecule has 0 atom stereocenters. The molecule has 0 saturated carbocycles. The SMILES string of the molecule is C[Se]c1ccccc1Nc1ccccc1[Se]C. The molecule has 0 aromatic heterocycles. The summed E-state index contributed by atoms with van der Waals surface area (Å²) >= 11 is 1.05. The average molecular weight is 355 g/mol. The zero-order valence-electron chi connectivity index (χ0n) is 9.94. The maximum absolute atomic E-state index is 3.57. The number of para-hydroxylation sites is 2. The summed E-state index contributed by atoms with van der Waals surface area (Å²) in [4.78, 5) is 0. The molecular weight excluding hydrogens is 340 g/mol. The molecule has 0 aliphatic heterocycles. The third-order valence-electron chi connectivity index (χ3n) is 2.48. The molecule has 0 fully saturated rings. The van der Waals surface area contributed by atoms with Crippen LogP contribution in [-0.2, 0) is 0 Å². The molecular formula is C14H15NSe2. The molecule has 88 valence electrons. The van der Waals surface area contributed by atoms with Crippen molar-refractivity contribution >= 4 is 50.2 Å². The first kappa shape index (κ1) is 12.7. The van der Waals surface area contributed by atoms with Gasteiger partial charge in [-0.2, -0.15) is 0 Å². The van der Waals surface area contributed by atoms with E-state index >= 15 is 0 Å². The van der Waals surface area contributed by atoms with E-state index in [2.05, 4.69) is 65.5 Å². The van der Waals surface area contributed by atoms with Crippen molar-refractivity contribution < 1.29 is 0 Å². The van der Waals surface area contributed by atoms with Crippen LogP contribution in [0.2, 0.25) is 11.6 Å². The van der Waals surface area contributed by atoms with Gasteiger partial charge in [0.25, 0.3) is 0 Å². The van der Waals surface area contributed by atoms with Crippen molar-refractivity contribution in [3.63, 3.8) is 0 Å². The summed E-state index contributed by atoms with van der Waals surface area (Å²) in [5, 5.41) is 3.57. The Morgan fingerprint density at radius 2 is 1.12 bits per heavy atom. The van der Waals surface area contributed by atoms with Crippen molar-refractivity contribution in [3.05, 3.63) is 48.5 Å². The van der Waals surface area contributed by atoms with E-state index in [1.54, 1.807) is 0 Å². The minimum atomic E-state index is 0.524. The van der Waals surface area contributed by atoms with Gasteiger partial charge in [-0.15, -0.1) is 0 Å². The van der Waals surface area contributed by atoms with Crippen LogP contribution < -0.4 is 14.2 Å². The van der Waals surface area contributed by atoms with E-state index < -0.39 is 0 Å². The van der Waals surface area contributed by atoms with E-state index in [4.69, 9.17) is 0 Å². The third kappa shape index (κ3) is 3.14. The Hall–Kier alpha value is -0.721. The molecule has 1 nitrogen and oxygen atoms in total. The molecule has 0 heterocycles. The van der Waals surface area contributed by atoms with Crippen LogP contribution in [0.25, 0.3) is 0 Å². The number of hydrogen-bond acceptors (Lipinski definition) is 1. The fourth-order valence-corrected chi connectivity index (χ4v) is 3.96. The molecule has 3 heteroatoms. The standard InChI is InChI=1S/C14H15NSe2/c1-16-13-9-5-3-7-11(13)15-12-8-4-6-10-14(12)17-2/h3-10,15H,1-2H3. The van der Waals surface area contributed by atoms with Gasteiger partial charge >= 0.3 is 116 Å². The van der Waals surface area contributed by atoms with Crippen LogP contribution in [0.4, 0.5) is 11.4 Å². The van der Waals surface area contributed by atoms with Gasteiger partial charge < -0.3 is 0 Å².